The SMILES string of the molecule is COCC1(O)CCN(C(=O)Nc2ccc(F)cc2C(F)(F)F)CC1. The predicted molar refractivity (Wildman–Crippen MR) is 78.1 cm³/mol. The number of carbonyl (C=O) groups is 1. The number of aliphatic hydroxyl groups is 1. The number of hydrogen-bond acceptors (Lipinski definition) is 3. The maximum absolute atomic E-state index is 13.1. The largest absolute Gasteiger partial charge is 0.418 e. The van der Waals surface area contributed by atoms with Crippen LogP contribution in [0.4, 0.5) is 28.0 Å². The van der Waals surface area contributed by atoms with Gasteiger partial charge >= 0.3 is 12.2 Å². The third-order valence-corrected chi connectivity index (χ3v) is 3.92. The molecule has 5 nitrogen and oxygen atoms in total. The molecule has 9 heteroatoms. The highest BCUT2D eigenvalue weighted by Gasteiger charge is 2.36. The zero-order valence-electron chi connectivity index (χ0n) is 13.0. The smallest absolute Gasteiger partial charge is 0.387 e. The van der Waals surface area contributed by atoms with Gasteiger partial charge in [0.1, 0.15) is 5.82 Å². The fourth-order valence-electron chi connectivity index (χ4n) is 2.59. The number of nitrogens with one attached hydrogen (secondary N) is 1. The molecule has 1 aliphatic heterocycles. The fraction of sp³-hybridized carbons (Fsp3) is 0.533. The molecule has 1 fully saturated rings. The van der Waals surface area contributed by atoms with Crippen LogP contribution in [0.15, 0.2) is 18.2 Å². The highest BCUT2D eigenvalue weighted by molar-refractivity contribution is 5.90. The highest BCUT2D eigenvalue weighted by atomic mass is 19.4. The number of piperidine rings is 1. The number of benzene rings is 1. The van der Waals surface area contributed by atoms with Crippen LogP contribution in [0.5, 0.6) is 0 Å². The van der Waals surface area contributed by atoms with Crippen molar-refractivity contribution in [2.75, 3.05) is 32.1 Å². The molecule has 1 aromatic rings. The number of ether oxygens (including phenoxy) is 1. The van der Waals surface area contributed by atoms with Crippen molar-refractivity contribution >= 4 is 11.7 Å². The van der Waals surface area contributed by atoms with Gasteiger partial charge in [-0.05, 0) is 31.0 Å². The molecule has 0 atom stereocenters. The Morgan fingerprint density at radius 2 is 2.00 bits per heavy atom. The Morgan fingerprint density at radius 1 is 1.38 bits per heavy atom. The second-order valence-electron chi connectivity index (χ2n) is 5.76. The summed E-state index contributed by atoms with van der Waals surface area (Å²) in [6.07, 6.45) is -4.28. The summed E-state index contributed by atoms with van der Waals surface area (Å²) < 4.78 is 56.8. The molecule has 1 aromatic carbocycles. The summed E-state index contributed by atoms with van der Waals surface area (Å²) in [7, 11) is 1.45. The van der Waals surface area contributed by atoms with Gasteiger partial charge in [-0.3, -0.25) is 0 Å². The number of likely N-dealkylation sites (tertiary alicyclic amines) is 1. The first-order chi connectivity index (χ1) is 11.1. The molecule has 0 unspecified atom stereocenters. The van der Waals surface area contributed by atoms with Crippen LogP contribution in [0, 0.1) is 5.82 Å². The number of alkyl halides is 3. The molecule has 1 heterocycles. The lowest BCUT2D eigenvalue weighted by atomic mass is 9.92. The molecule has 1 saturated heterocycles. The first-order valence-corrected chi connectivity index (χ1v) is 7.29. The van der Waals surface area contributed by atoms with Crippen LogP contribution in [0.1, 0.15) is 18.4 Å². The van der Waals surface area contributed by atoms with Gasteiger partial charge in [-0.2, -0.15) is 13.2 Å². The summed E-state index contributed by atoms with van der Waals surface area (Å²) in [6, 6.07) is 1.33. The lowest BCUT2D eigenvalue weighted by molar-refractivity contribution is -0.137. The highest BCUT2D eigenvalue weighted by Crippen LogP contribution is 2.35. The number of amides is 2. The van der Waals surface area contributed by atoms with Gasteiger partial charge in [0, 0.05) is 20.2 Å². The van der Waals surface area contributed by atoms with Crippen LogP contribution in [-0.2, 0) is 10.9 Å². The van der Waals surface area contributed by atoms with E-state index in [2.05, 4.69) is 5.32 Å². The van der Waals surface area contributed by atoms with E-state index in [0.717, 1.165) is 12.1 Å². The second kappa shape index (κ2) is 6.94. The van der Waals surface area contributed by atoms with Crippen LogP contribution >= 0.6 is 0 Å². The van der Waals surface area contributed by atoms with Crippen molar-refractivity contribution in [1.29, 1.82) is 0 Å². The minimum absolute atomic E-state index is 0.124. The Hall–Kier alpha value is -1.87. The Labute approximate surface area is 136 Å². The normalized spacial score (nSPS) is 17.7. The van der Waals surface area contributed by atoms with Crippen LogP contribution in [-0.4, -0.2) is 48.4 Å². The Balaban J connectivity index is 2.06. The van der Waals surface area contributed by atoms with Crippen LogP contribution in [0.3, 0.4) is 0 Å². The quantitative estimate of drug-likeness (QED) is 0.824. The maximum atomic E-state index is 13.1. The van der Waals surface area contributed by atoms with E-state index in [9.17, 15) is 27.5 Å². The van der Waals surface area contributed by atoms with Crippen LogP contribution < -0.4 is 5.32 Å². The van der Waals surface area contributed by atoms with Gasteiger partial charge in [0.05, 0.1) is 23.5 Å². The molecule has 0 spiro atoms. The second-order valence-corrected chi connectivity index (χ2v) is 5.76. The summed E-state index contributed by atoms with van der Waals surface area (Å²) in [6.45, 7) is 0.473. The van der Waals surface area contributed by atoms with E-state index in [4.69, 9.17) is 4.74 Å². The number of hydrogen-bond donors (Lipinski definition) is 2. The summed E-state index contributed by atoms with van der Waals surface area (Å²) in [5.74, 6) is -1.04. The van der Waals surface area contributed by atoms with Crippen molar-refractivity contribution in [1.82, 2.24) is 4.90 Å². The minimum Gasteiger partial charge on any atom is -0.387 e. The zero-order chi connectivity index (χ0) is 18.0. The van der Waals surface area contributed by atoms with Crippen LogP contribution in [0.25, 0.3) is 0 Å². The standard InChI is InChI=1S/C15H18F4N2O3/c1-24-9-14(23)4-6-21(7-5-14)13(22)20-12-3-2-10(16)8-11(12)15(17,18)19/h2-3,8,23H,4-7,9H2,1H3,(H,20,22). The van der Waals surface area contributed by atoms with E-state index in [-0.39, 0.29) is 32.5 Å². The van der Waals surface area contributed by atoms with Gasteiger partial charge in [0.15, 0.2) is 0 Å². The van der Waals surface area contributed by atoms with Gasteiger partial charge in [0.25, 0.3) is 0 Å². The van der Waals surface area contributed by atoms with Gasteiger partial charge in [-0.1, -0.05) is 0 Å². The molecule has 0 bridgehead atoms. The van der Waals surface area contributed by atoms with E-state index in [1.807, 2.05) is 0 Å². The molecule has 0 saturated carbocycles. The van der Waals surface area contributed by atoms with Gasteiger partial charge in [-0.15, -0.1) is 0 Å². The Bertz CT molecular complexity index is 599. The molecular weight excluding hydrogens is 332 g/mol. The molecule has 2 N–H and O–H groups in total. The lowest BCUT2D eigenvalue weighted by Gasteiger charge is -2.37. The maximum Gasteiger partial charge on any atom is 0.418 e. The number of methoxy groups -OCH3 is 1. The number of nitrogens with zero attached hydrogens (tertiary/aromatic N) is 1. The van der Waals surface area contributed by atoms with Gasteiger partial charge in [-0.25, -0.2) is 9.18 Å². The molecule has 2 rings (SSSR count). The van der Waals surface area contributed by atoms with Crippen LogP contribution in [0.2, 0.25) is 0 Å². The molecule has 134 valence electrons. The molecule has 0 aliphatic carbocycles. The monoisotopic (exact) mass is 350 g/mol. The number of carbonyl (C=O) groups excluding carboxylic acids is 1. The number of halogens is 4. The van der Waals surface area contributed by atoms with Gasteiger partial charge in [0.2, 0.25) is 0 Å². The molecular formula is C15H18F4N2O3. The van der Waals surface area contributed by atoms with E-state index in [0.29, 0.717) is 6.07 Å². The Morgan fingerprint density at radius 3 is 2.54 bits per heavy atom. The number of rotatable bonds is 3. The average Bonchev–Trinajstić information content (AvgIpc) is 2.48. The van der Waals surface area contributed by atoms with E-state index >= 15 is 0 Å². The molecule has 0 radical (unpaired) electrons. The third kappa shape index (κ3) is 4.35. The number of anilines is 1. The topological polar surface area (TPSA) is 61.8 Å². The third-order valence-electron chi connectivity index (χ3n) is 3.92. The van der Waals surface area contributed by atoms with Crippen molar-refractivity contribution in [2.45, 2.75) is 24.6 Å². The molecule has 1 aliphatic rings. The van der Waals surface area contributed by atoms with E-state index in [1.165, 1.54) is 12.0 Å². The van der Waals surface area contributed by atoms with Crippen molar-refractivity contribution in [3.05, 3.63) is 29.6 Å². The average molecular weight is 350 g/mol. The molecule has 24 heavy (non-hydrogen) atoms. The predicted octanol–water partition coefficient (Wildman–Crippen LogP) is 2.85. The molecule has 0 aromatic heterocycles. The first-order valence-electron chi connectivity index (χ1n) is 7.29. The van der Waals surface area contributed by atoms with Gasteiger partial charge < -0.3 is 20.1 Å². The number of urea groups is 1. The summed E-state index contributed by atoms with van der Waals surface area (Å²) in [5, 5.41) is 12.3. The van der Waals surface area contributed by atoms with Crippen molar-refractivity contribution in [3.8, 4) is 0 Å². The van der Waals surface area contributed by atoms with Crippen molar-refractivity contribution in [3.63, 3.8) is 0 Å². The summed E-state index contributed by atoms with van der Waals surface area (Å²) in [5.41, 5.74) is -2.80. The Kier molecular flexibility index (Phi) is 5.34. The van der Waals surface area contributed by atoms with E-state index in [1.54, 1.807) is 0 Å². The fourth-order valence-corrected chi connectivity index (χ4v) is 2.59. The van der Waals surface area contributed by atoms with E-state index < -0.39 is 34.9 Å². The van der Waals surface area contributed by atoms with Crippen molar-refractivity contribution in [2.24, 2.45) is 0 Å². The first kappa shape index (κ1) is 18.5. The summed E-state index contributed by atoms with van der Waals surface area (Å²) in [4.78, 5) is 13.4. The molecule has 2 amide bonds. The summed E-state index contributed by atoms with van der Waals surface area (Å²) >= 11 is 0. The minimum atomic E-state index is -4.79. The van der Waals surface area contributed by atoms with Crippen molar-refractivity contribution < 1.29 is 32.2 Å². The lowest BCUT2D eigenvalue weighted by Crippen LogP contribution is -2.50. The zero-order valence-corrected chi connectivity index (χ0v) is 13.0.